The molecule has 0 atom stereocenters. The molecule has 0 aromatic carbocycles. The van der Waals surface area contributed by atoms with Gasteiger partial charge in [0.25, 0.3) is 0 Å². The van der Waals surface area contributed by atoms with Crippen molar-refractivity contribution < 1.29 is 0 Å². The van der Waals surface area contributed by atoms with Crippen molar-refractivity contribution in [2.24, 2.45) is 0 Å². The minimum atomic E-state index is 1.32. The lowest BCUT2D eigenvalue weighted by Crippen LogP contribution is -1.58. The van der Waals surface area contributed by atoms with Gasteiger partial charge in [-0.2, -0.15) is 0 Å². The van der Waals surface area contributed by atoms with Gasteiger partial charge in [0.2, 0.25) is 0 Å². The maximum absolute atomic E-state index is 3.78. The molecule has 84 valence electrons. The summed E-state index contributed by atoms with van der Waals surface area (Å²) in [5, 5.41) is 0. The normalized spacial score (nSPS) is 6.43. The van der Waals surface area contributed by atoms with Crippen LogP contribution in [0.1, 0.15) is 54.4 Å². The first-order valence-electron chi connectivity index (χ1n) is 5.76. The molecule has 0 fully saturated rings. The van der Waals surface area contributed by atoms with Gasteiger partial charge in [0.1, 0.15) is 0 Å². The highest BCUT2D eigenvalue weighted by atomic mass is 14.6. The fourth-order valence-corrected chi connectivity index (χ4v) is 0.313. The number of aromatic nitrogens is 1. The van der Waals surface area contributed by atoms with E-state index >= 15 is 0 Å². The summed E-state index contributed by atoms with van der Waals surface area (Å²) >= 11 is 0. The summed E-state index contributed by atoms with van der Waals surface area (Å²) in [6, 6.07) is 5.72. The maximum Gasteiger partial charge on any atom is 0.0267 e. The standard InChI is InChI=1S/C5H5N.C4H10.2C2H6/c1-2-4-6-5-3-1;1-3-4-2;2*1-2/h1-5H;3-4H2,1-2H3;2*1-2H3. The van der Waals surface area contributed by atoms with Crippen LogP contribution in [0.4, 0.5) is 0 Å². The number of nitrogens with zero attached hydrogens (tertiary/aromatic N) is 1. The lowest BCUT2D eigenvalue weighted by atomic mass is 10.4. The molecule has 0 bridgehead atoms. The van der Waals surface area contributed by atoms with E-state index < -0.39 is 0 Å². The highest BCUT2D eigenvalue weighted by Gasteiger charge is 1.58. The second kappa shape index (κ2) is 29.5. The molecule has 0 N–H and O–H groups in total. The van der Waals surface area contributed by atoms with E-state index in [4.69, 9.17) is 0 Å². The number of rotatable bonds is 1. The molecular weight excluding hydrogens is 170 g/mol. The zero-order chi connectivity index (χ0) is 11.7. The lowest BCUT2D eigenvalue weighted by Gasteiger charge is -1.70. The van der Waals surface area contributed by atoms with Crippen LogP contribution in [0.15, 0.2) is 30.6 Å². The number of pyridine rings is 1. The predicted octanol–water partition coefficient (Wildman–Crippen LogP) is 4.94. The highest BCUT2D eigenvalue weighted by molar-refractivity contribution is 4.88. The van der Waals surface area contributed by atoms with Gasteiger partial charge in [0.15, 0.2) is 0 Å². The average molecular weight is 197 g/mol. The first-order valence-corrected chi connectivity index (χ1v) is 5.76. The van der Waals surface area contributed by atoms with E-state index in [0.29, 0.717) is 0 Å². The Balaban J connectivity index is -0.000000134. The molecule has 0 saturated carbocycles. The first kappa shape index (κ1) is 18.8. The molecule has 1 heterocycles. The molecule has 1 aromatic heterocycles. The van der Waals surface area contributed by atoms with Crippen LogP contribution in [0.25, 0.3) is 0 Å². The Morgan fingerprint density at radius 2 is 1.07 bits per heavy atom. The van der Waals surface area contributed by atoms with Gasteiger partial charge in [-0.3, -0.25) is 4.98 Å². The monoisotopic (exact) mass is 197 g/mol. The van der Waals surface area contributed by atoms with Crippen molar-refractivity contribution in [3.05, 3.63) is 30.6 Å². The van der Waals surface area contributed by atoms with Crippen LogP contribution in [0, 0.1) is 0 Å². The van der Waals surface area contributed by atoms with Gasteiger partial charge in [-0.25, -0.2) is 0 Å². The van der Waals surface area contributed by atoms with Crippen LogP contribution in [0.3, 0.4) is 0 Å². The summed E-state index contributed by atoms with van der Waals surface area (Å²) in [5.41, 5.74) is 0. The van der Waals surface area contributed by atoms with Crippen molar-refractivity contribution in [3.8, 4) is 0 Å². The van der Waals surface area contributed by atoms with Crippen molar-refractivity contribution in [1.82, 2.24) is 4.98 Å². The van der Waals surface area contributed by atoms with Crippen molar-refractivity contribution in [2.75, 3.05) is 0 Å². The van der Waals surface area contributed by atoms with Crippen molar-refractivity contribution in [2.45, 2.75) is 54.4 Å². The molecule has 1 nitrogen and oxygen atoms in total. The topological polar surface area (TPSA) is 12.9 Å². The molecule has 0 aliphatic rings. The van der Waals surface area contributed by atoms with Gasteiger partial charge in [0.05, 0.1) is 0 Å². The van der Waals surface area contributed by atoms with E-state index in [1.165, 1.54) is 12.8 Å². The van der Waals surface area contributed by atoms with Crippen LogP contribution in [0.5, 0.6) is 0 Å². The van der Waals surface area contributed by atoms with Gasteiger partial charge in [-0.15, -0.1) is 0 Å². The van der Waals surface area contributed by atoms with Crippen molar-refractivity contribution in [1.29, 1.82) is 0 Å². The van der Waals surface area contributed by atoms with Gasteiger partial charge < -0.3 is 0 Å². The molecule has 0 radical (unpaired) electrons. The lowest BCUT2D eigenvalue weighted by molar-refractivity contribution is 0.886. The molecule has 1 aromatic rings. The molecular formula is C13H27N. The van der Waals surface area contributed by atoms with Gasteiger partial charge in [0, 0.05) is 12.4 Å². The number of unbranched alkanes of at least 4 members (excludes halogenated alkanes) is 1. The zero-order valence-electron chi connectivity index (χ0n) is 10.7. The van der Waals surface area contributed by atoms with Gasteiger partial charge in [-0.1, -0.05) is 60.5 Å². The second-order valence-electron chi connectivity index (χ2n) is 2.02. The zero-order valence-corrected chi connectivity index (χ0v) is 10.7. The van der Waals surface area contributed by atoms with E-state index in [1.54, 1.807) is 12.4 Å². The van der Waals surface area contributed by atoms with Crippen LogP contribution in [0.2, 0.25) is 0 Å². The molecule has 1 rings (SSSR count). The minimum absolute atomic E-state index is 1.32. The first-order chi connectivity index (χ1) is 6.91. The fraction of sp³-hybridized carbons (Fsp3) is 0.615. The van der Waals surface area contributed by atoms with Crippen LogP contribution < -0.4 is 0 Å². The van der Waals surface area contributed by atoms with Crippen molar-refractivity contribution >= 4 is 0 Å². The third kappa shape index (κ3) is 30.4. The van der Waals surface area contributed by atoms with E-state index in [0.717, 1.165) is 0 Å². The molecule has 0 aliphatic carbocycles. The molecule has 0 aliphatic heterocycles. The Kier molecular flexibility index (Phi) is 39.8. The summed E-state index contributed by atoms with van der Waals surface area (Å²) in [5.74, 6) is 0. The van der Waals surface area contributed by atoms with Crippen molar-refractivity contribution in [3.63, 3.8) is 0 Å². The van der Waals surface area contributed by atoms with E-state index in [9.17, 15) is 0 Å². The van der Waals surface area contributed by atoms with E-state index in [-0.39, 0.29) is 0 Å². The third-order valence-corrected chi connectivity index (χ3v) is 1.07. The minimum Gasteiger partial charge on any atom is -0.265 e. The largest absolute Gasteiger partial charge is 0.265 e. The Labute approximate surface area is 90.6 Å². The highest BCUT2D eigenvalue weighted by Crippen LogP contribution is 1.76. The summed E-state index contributed by atoms with van der Waals surface area (Å²) in [4.78, 5) is 3.78. The summed E-state index contributed by atoms with van der Waals surface area (Å²) in [6.07, 6.45) is 6.14. The average Bonchev–Trinajstić information content (AvgIpc) is 2.36. The molecule has 0 spiro atoms. The predicted molar refractivity (Wildman–Crippen MR) is 67.5 cm³/mol. The Hall–Kier alpha value is -0.850. The molecule has 0 saturated heterocycles. The summed E-state index contributed by atoms with van der Waals surface area (Å²) in [7, 11) is 0. The molecule has 0 unspecified atom stereocenters. The Morgan fingerprint density at radius 1 is 0.714 bits per heavy atom. The van der Waals surface area contributed by atoms with E-state index in [1.807, 2.05) is 45.9 Å². The van der Waals surface area contributed by atoms with Gasteiger partial charge >= 0.3 is 0 Å². The molecule has 1 heteroatoms. The Bertz CT molecular complexity index is 97.2. The van der Waals surface area contributed by atoms with E-state index in [2.05, 4.69) is 18.8 Å². The quantitative estimate of drug-likeness (QED) is 0.621. The summed E-state index contributed by atoms with van der Waals surface area (Å²) < 4.78 is 0. The second-order valence-corrected chi connectivity index (χ2v) is 2.02. The number of hydrogen-bond donors (Lipinski definition) is 0. The Morgan fingerprint density at radius 3 is 1.14 bits per heavy atom. The van der Waals surface area contributed by atoms with Gasteiger partial charge in [-0.05, 0) is 12.1 Å². The SMILES string of the molecule is CC.CC.CCCC.c1ccncc1. The number of hydrogen-bond acceptors (Lipinski definition) is 1. The fourth-order valence-electron chi connectivity index (χ4n) is 0.313. The maximum atomic E-state index is 3.78. The third-order valence-electron chi connectivity index (χ3n) is 1.07. The summed E-state index contributed by atoms with van der Waals surface area (Å²) in [6.45, 7) is 12.4. The van der Waals surface area contributed by atoms with Crippen LogP contribution >= 0.6 is 0 Å². The molecule has 14 heavy (non-hydrogen) atoms. The smallest absolute Gasteiger partial charge is 0.0267 e. The molecule has 0 amide bonds. The van der Waals surface area contributed by atoms with Crippen LogP contribution in [-0.2, 0) is 0 Å². The van der Waals surface area contributed by atoms with Crippen LogP contribution in [-0.4, -0.2) is 4.98 Å².